The number of methoxy groups -OCH3 is 1. The molecule has 3 aromatic carbocycles. The standard InChI is InChI=1S/C27H25N3O4/c1-3-16-29-23-6-4-5-7-24(23)30(27(33)26(29)32)18-20-8-12-21(13-9-20)25(31)28-17-19-10-14-22(34-2)15-11-19/h3-15H,1,16-18H2,2H3,(H,28,31). The van der Waals surface area contributed by atoms with Crippen LogP contribution in [-0.4, -0.2) is 22.2 Å². The molecule has 0 spiro atoms. The molecule has 0 fully saturated rings. The molecule has 1 amide bonds. The highest BCUT2D eigenvalue weighted by atomic mass is 16.5. The van der Waals surface area contributed by atoms with Crippen LogP contribution in [0.1, 0.15) is 21.5 Å². The number of carbonyl (C=O) groups is 1. The molecule has 0 atom stereocenters. The Bertz CT molecular complexity index is 1450. The number of amides is 1. The SMILES string of the molecule is C=CCn1c(=O)c(=O)n(Cc2ccc(C(=O)NCc3ccc(OC)cc3)cc2)c2ccccc21. The monoisotopic (exact) mass is 455 g/mol. The summed E-state index contributed by atoms with van der Waals surface area (Å²) in [4.78, 5) is 38.1. The van der Waals surface area contributed by atoms with Crippen molar-refractivity contribution in [2.45, 2.75) is 19.6 Å². The molecule has 1 aromatic heterocycles. The highest BCUT2D eigenvalue weighted by Gasteiger charge is 2.13. The first kappa shape index (κ1) is 22.8. The fourth-order valence-electron chi connectivity index (χ4n) is 3.81. The molecule has 7 nitrogen and oxygen atoms in total. The second-order valence-corrected chi connectivity index (χ2v) is 7.81. The molecule has 172 valence electrons. The van der Waals surface area contributed by atoms with Crippen molar-refractivity contribution >= 4 is 16.9 Å². The minimum absolute atomic E-state index is 0.197. The van der Waals surface area contributed by atoms with Crippen LogP contribution >= 0.6 is 0 Å². The van der Waals surface area contributed by atoms with E-state index in [0.717, 1.165) is 16.9 Å². The molecule has 0 saturated carbocycles. The van der Waals surface area contributed by atoms with E-state index in [1.807, 2.05) is 48.5 Å². The molecule has 0 aliphatic carbocycles. The zero-order valence-electron chi connectivity index (χ0n) is 18.9. The number of carbonyl (C=O) groups excluding carboxylic acids is 1. The van der Waals surface area contributed by atoms with E-state index in [4.69, 9.17) is 4.74 Å². The summed E-state index contributed by atoms with van der Waals surface area (Å²) in [5.41, 5.74) is 2.42. The number of hydrogen-bond donors (Lipinski definition) is 1. The fraction of sp³-hybridized carbons (Fsp3) is 0.148. The Hall–Kier alpha value is -4.39. The summed E-state index contributed by atoms with van der Waals surface area (Å²) in [7, 11) is 1.61. The lowest BCUT2D eigenvalue weighted by Gasteiger charge is -2.14. The zero-order valence-corrected chi connectivity index (χ0v) is 18.9. The summed E-state index contributed by atoms with van der Waals surface area (Å²) >= 11 is 0. The maximum absolute atomic E-state index is 12.8. The summed E-state index contributed by atoms with van der Waals surface area (Å²) < 4.78 is 8.04. The van der Waals surface area contributed by atoms with Gasteiger partial charge < -0.3 is 10.1 Å². The minimum atomic E-state index is -0.595. The lowest BCUT2D eigenvalue weighted by atomic mass is 10.1. The van der Waals surface area contributed by atoms with Crippen molar-refractivity contribution in [3.05, 3.63) is 123 Å². The first-order valence-corrected chi connectivity index (χ1v) is 10.8. The molecule has 0 bridgehead atoms. The van der Waals surface area contributed by atoms with Gasteiger partial charge in [0.2, 0.25) is 0 Å². The molecular formula is C27H25N3O4. The number of ether oxygens (including phenoxy) is 1. The van der Waals surface area contributed by atoms with Gasteiger partial charge in [-0.3, -0.25) is 23.5 Å². The Balaban J connectivity index is 1.52. The van der Waals surface area contributed by atoms with Crippen LogP contribution in [0.4, 0.5) is 0 Å². The molecule has 0 aliphatic rings. The lowest BCUT2D eigenvalue weighted by molar-refractivity contribution is 0.0951. The van der Waals surface area contributed by atoms with Gasteiger partial charge in [0, 0.05) is 18.7 Å². The Labute approximate surface area is 196 Å². The molecule has 1 N–H and O–H groups in total. The average Bonchev–Trinajstić information content (AvgIpc) is 2.88. The van der Waals surface area contributed by atoms with Gasteiger partial charge in [-0.15, -0.1) is 6.58 Å². The van der Waals surface area contributed by atoms with Crippen LogP contribution in [0.5, 0.6) is 5.75 Å². The van der Waals surface area contributed by atoms with Crippen LogP contribution < -0.4 is 21.2 Å². The van der Waals surface area contributed by atoms with Crippen LogP contribution in [0.3, 0.4) is 0 Å². The molecule has 34 heavy (non-hydrogen) atoms. The minimum Gasteiger partial charge on any atom is -0.497 e. The van der Waals surface area contributed by atoms with Crippen LogP contribution in [0.25, 0.3) is 11.0 Å². The predicted octanol–water partition coefficient (Wildman–Crippen LogP) is 3.34. The quantitative estimate of drug-likeness (QED) is 0.326. The fourth-order valence-corrected chi connectivity index (χ4v) is 3.81. The number of fused-ring (bicyclic) bond motifs is 1. The van der Waals surface area contributed by atoms with Crippen molar-refractivity contribution in [3.63, 3.8) is 0 Å². The number of hydrogen-bond acceptors (Lipinski definition) is 4. The van der Waals surface area contributed by atoms with Crippen LogP contribution in [0.15, 0.2) is 95.0 Å². The van der Waals surface area contributed by atoms with Gasteiger partial charge in [-0.2, -0.15) is 0 Å². The van der Waals surface area contributed by atoms with E-state index in [1.165, 1.54) is 9.13 Å². The number of aromatic nitrogens is 2. The van der Waals surface area contributed by atoms with Crippen LogP contribution in [-0.2, 0) is 19.6 Å². The number of para-hydroxylation sites is 2. The van der Waals surface area contributed by atoms with E-state index in [0.29, 0.717) is 23.1 Å². The summed E-state index contributed by atoms with van der Waals surface area (Å²) in [6.07, 6.45) is 1.59. The van der Waals surface area contributed by atoms with Gasteiger partial charge in [-0.1, -0.05) is 42.5 Å². The number of nitrogens with zero attached hydrogens (tertiary/aromatic N) is 2. The first-order valence-electron chi connectivity index (χ1n) is 10.8. The molecule has 0 radical (unpaired) electrons. The van der Waals surface area contributed by atoms with Crippen LogP contribution in [0.2, 0.25) is 0 Å². The average molecular weight is 456 g/mol. The topological polar surface area (TPSA) is 82.3 Å². The Morgan fingerprint density at radius 3 is 2.09 bits per heavy atom. The highest BCUT2D eigenvalue weighted by Crippen LogP contribution is 2.14. The molecule has 7 heteroatoms. The number of allylic oxidation sites excluding steroid dienone is 1. The van der Waals surface area contributed by atoms with Gasteiger partial charge in [0.05, 0.1) is 24.7 Å². The maximum Gasteiger partial charge on any atom is 0.317 e. The largest absolute Gasteiger partial charge is 0.497 e. The van der Waals surface area contributed by atoms with Crippen LogP contribution in [0, 0.1) is 0 Å². The summed E-state index contributed by atoms with van der Waals surface area (Å²) in [5, 5.41) is 2.89. The Kier molecular flexibility index (Phi) is 6.73. The normalized spacial score (nSPS) is 10.7. The second kappa shape index (κ2) is 10.0. The van der Waals surface area contributed by atoms with E-state index < -0.39 is 11.1 Å². The number of nitrogens with one attached hydrogen (secondary N) is 1. The van der Waals surface area contributed by atoms with Crippen molar-refractivity contribution in [1.29, 1.82) is 0 Å². The van der Waals surface area contributed by atoms with Crippen molar-refractivity contribution in [2.24, 2.45) is 0 Å². The van der Waals surface area contributed by atoms with Crippen molar-refractivity contribution in [1.82, 2.24) is 14.5 Å². The summed E-state index contributed by atoms with van der Waals surface area (Å²) in [6.45, 7) is 4.55. The van der Waals surface area contributed by atoms with Gasteiger partial charge in [0.1, 0.15) is 5.75 Å². The first-order chi connectivity index (χ1) is 16.5. The van der Waals surface area contributed by atoms with Gasteiger partial charge in [-0.05, 0) is 47.5 Å². The third-order valence-corrected chi connectivity index (χ3v) is 5.62. The third-order valence-electron chi connectivity index (χ3n) is 5.62. The maximum atomic E-state index is 12.8. The highest BCUT2D eigenvalue weighted by molar-refractivity contribution is 5.94. The molecule has 0 saturated heterocycles. The smallest absolute Gasteiger partial charge is 0.317 e. The Morgan fingerprint density at radius 2 is 1.47 bits per heavy atom. The lowest BCUT2D eigenvalue weighted by Crippen LogP contribution is -2.41. The Morgan fingerprint density at radius 1 is 0.882 bits per heavy atom. The number of benzene rings is 3. The summed E-state index contributed by atoms with van der Waals surface area (Å²) in [5.74, 6) is 0.563. The molecule has 4 aromatic rings. The van der Waals surface area contributed by atoms with Gasteiger partial charge in [0.25, 0.3) is 5.91 Å². The van der Waals surface area contributed by atoms with E-state index >= 15 is 0 Å². The van der Waals surface area contributed by atoms with E-state index in [9.17, 15) is 14.4 Å². The van der Waals surface area contributed by atoms with Gasteiger partial charge in [0.15, 0.2) is 0 Å². The molecule has 1 heterocycles. The second-order valence-electron chi connectivity index (χ2n) is 7.81. The van der Waals surface area contributed by atoms with Gasteiger partial charge in [-0.25, -0.2) is 0 Å². The van der Waals surface area contributed by atoms with E-state index in [1.54, 1.807) is 37.5 Å². The molecule has 0 unspecified atom stereocenters. The predicted molar refractivity (Wildman–Crippen MR) is 132 cm³/mol. The van der Waals surface area contributed by atoms with Crippen molar-refractivity contribution in [3.8, 4) is 5.75 Å². The van der Waals surface area contributed by atoms with E-state index in [2.05, 4.69) is 11.9 Å². The third kappa shape index (κ3) is 4.68. The summed E-state index contributed by atoms with van der Waals surface area (Å²) in [6, 6.07) is 21.8. The van der Waals surface area contributed by atoms with E-state index in [-0.39, 0.29) is 19.0 Å². The van der Waals surface area contributed by atoms with Crippen molar-refractivity contribution in [2.75, 3.05) is 7.11 Å². The number of rotatable bonds is 8. The molecule has 0 aliphatic heterocycles. The van der Waals surface area contributed by atoms with Gasteiger partial charge >= 0.3 is 11.1 Å². The zero-order chi connectivity index (χ0) is 24.1. The van der Waals surface area contributed by atoms with Crippen molar-refractivity contribution < 1.29 is 9.53 Å². The molecule has 4 rings (SSSR count). The molecular weight excluding hydrogens is 430 g/mol.